The van der Waals surface area contributed by atoms with Gasteiger partial charge >= 0.3 is 0 Å². The molecule has 2 saturated heterocycles. The quantitative estimate of drug-likeness (QED) is 0.930. The van der Waals surface area contributed by atoms with Gasteiger partial charge in [0.15, 0.2) is 0 Å². The average molecular weight is 305 g/mol. The zero-order valence-corrected chi connectivity index (χ0v) is 14.1. The third kappa shape index (κ3) is 2.27. The van der Waals surface area contributed by atoms with E-state index in [0.717, 1.165) is 18.6 Å². The van der Waals surface area contributed by atoms with E-state index in [2.05, 4.69) is 24.2 Å². The molecule has 2 bridgehead atoms. The fourth-order valence-electron chi connectivity index (χ4n) is 4.76. The second-order valence-electron chi connectivity index (χ2n) is 7.17. The molecule has 0 spiro atoms. The molecule has 2 atom stereocenters. The molecule has 116 valence electrons. The lowest BCUT2D eigenvalue weighted by Gasteiger charge is -2.44. The molecule has 2 unspecified atom stereocenters. The van der Waals surface area contributed by atoms with Crippen LogP contribution in [0.1, 0.15) is 61.0 Å². The van der Waals surface area contributed by atoms with Crippen LogP contribution in [0.25, 0.3) is 0 Å². The van der Waals surface area contributed by atoms with Crippen LogP contribution in [0, 0.1) is 0 Å². The molecule has 3 nitrogen and oxygen atoms in total. The van der Waals surface area contributed by atoms with E-state index >= 15 is 0 Å². The maximum Gasteiger partial charge on any atom is 0.113 e. The van der Waals surface area contributed by atoms with Gasteiger partial charge in [-0.05, 0) is 65.0 Å². The molecule has 2 aliphatic heterocycles. The second kappa shape index (κ2) is 5.32. The maximum absolute atomic E-state index is 5.12. The van der Waals surface area contributed by atoms with Gasteiger partial charge in [-0.1, -0.05) is 6.92 Å². The highest BCUT2D eigenvalue weighted by Crippen LogP contribution is 2.46. The SMILES string of the molecule is CCNC1(c2nc3c(s2)CCCC3)CC2CCC(C1)N2C. The van der Waals surface area contributed by atoms with E-state index in [9.17, 15) is 0 Å². The van der Waals surface area contributed by atoms with Crippen LogP contribution >= 0.6 is 11.3 Å². The van der Waals surface area contributed by atoms with E-state index in [4.69, 9.17) is 4.98 Å². The highest BCUT2D eigenvalue weighted by atomic mass is 32.1. The molecule has 3 aliphatic rings. The summed E-state index contributed by atoms with van der Waals surface area (Å²) in [5.41, 5.74) is 1.58. The highest BCUT2D eigenvalue weighted by molar-refractivity contribution is 7.11. The van der Waals surface area contributed by atoms with Gasteiger partial charge in [-0.2, -0.15) is 0 Å². The topological polar surface area (TPSA) is 28.2 Å². The van der Waals surface area contributed by atoms with Crippen molar-refractivity contribution in [1.82, 2.24) is 15.2 Å². The van der Waals surface area contributed by atoms with Gasteiger partial charge in [-0.25, -0.2) is 4.98 Å². The first-order valence-electron chi connectivity index (χ1n) is 8.68. The Kier molecular flexibility index (Phi) is 3.59. The Bertz CT molecular complexity index is 487. The molecule has 0 aromatic carbocycles. The van der Waals surface area contributed by atoms with Gasteiger partial charge in [-0.3, -0.25) is 0 Å². The van der Waals surface area contributed by atoms with E-state index in [0.29, 0.717) is 0 Å². The van der Waals surface area contributed by atoms with E-state index < -0.39 is 0 Å². The van der Waals surface area contributed by atoms with E-state index in [1.165, 1.54) is 62.1 Å². The molecule has 2 fully saturated rings. The van der Waals surface area contributed by atoms with Crippen LogP contribution in [0.15, 0.2) is 0 Å². The molecule has 0 radical (unpaired) electrons. The molecule has 1 N–H and O–H groups in total. The largest absolute Gasteiger partial charge is 0.306 e. The van der Waals surface area contributed by atoms with Crippen LogP contribution < -0.4 is 5.32 Å². The summed E-state index contributed by atoms with van der Waals surface area (Å²) in [4.78, 5) is 9.34. The summed E-state index contributed by atoms with van der Waals surface area (Å²) in [6, 6.07) is 1.51. The van der Waals surface area contributed by atoms with Crippen molar-refractivity contribution >= 4 is 11.3 Å². The fraction of sp³-hybridized carbons (Fsp3) is 0.824. The van der Waals surface area contributed by atoms with Crippen LogP contribution in [0.3, 0.4) is 0 Å². The molecular formula is C17H27N3S. The number of aromatic nitrogens is 1. The van der Waals surface area contributed by atoms with Crippen molar-refractivity contribution in [1.29, 1.82) is 0 Å². The lowest BCUT2D eigenvalue weighted by Crippen LogP contribution is -2.54. The smallest absolute Gasteiger partial charge is 0.113 e. The first kappa shape index (κ1) is 14.2. The fourth-order valence-corrected chi connectivity index (χ4v) is 6.10. The zero-order valence-electron chi connectivity index (χ0n) is 13.3. The third-order valence-corrected chi connectivity index (χ3v) is 7.28. The van der Waals surface area contributed by atoms with E-state index in [1.807, 2.05) is 11.3 Å². The number of nitrogens with one attached hydrogen (secondary N) is 1. The van der Waals surface area contributed by atoms with E-state index in [1.54, 1.807) is 4.88 Å². The molecule has 0 amide bonds. The van der Waals surface area contributed by atoms with Crippen molar-refractivity contribution in [2.45, 2.75) is 75.9 Å². The molecule has 0 saturated carbocycles. The molecule has 1 aliphatic carbocycles. The van der Waals surface area contributed by atoms with Gasteiger partial charge < -0.3 is 10.2 Å². The number of piperidine rings is 1. The molecule has 4 rings (SSSR count). The number of hydrogen-bond acceptors (Lipinski definition) is 4. The van der Waals surface area contributed by atoms with Gasteiger partial charge in [0.05, 0.1) is 11.2 Å². The zero-order chi connectivity index (χ0) is 14.4. The molecule has 21 heavy (non-hydrogen) atoms. The standard InChI is InChI=1S/C17H27N3S/c1-3-18-17(10-12-8-9-13(11-17)20(12)2)16-19-14-6-4-5-7-15(14)21-16/h12-13,18H,3-11H2,1-2H3. The van der Waals surface area contributed by atoms with Crippen molar-refractivity contribution in [3.05, 3.63) is 15.6 Å². The van der Waals surface area contributed by atoms with Crippen molar-refractivity contribution < 1.29 is 0 Å². The summed E-state index contributed by atoms with van der Waals surface area (Å²) in [6.07, 6.45) is 10.4. The Labute approximate surface area is 132 Å². The minimum absolute atomic E-state index is 0.162. The van der Waals surface area contributed by atoms with Gasteiger partial charge in [-0.15, -0.1) is 11.3 Å². The van der Waals surface area contributed by atoms with Crippen molar-refractivity contribution in [2.24, 2.45) is 0 Å². The Morgan fingerprint density at radius 2 is 1.95 bits per heavy atom. The van der Waals surface area contributed by atoms with Crippen LogP contribution in [-0.2, 0) is 18.4 Å². The lowest BCUT2D eigenvalue weighted by molar-refractivity contribution is 0.0898. The molecule has 3 heterocycles. The number of thiazole rings is 1. The van der Waals surface area contributed by atoms with E-state index in [-0.39, 0.29) is 5.54 Å². The van der Waals surface area contributed by atoms with Gasteiger partial charge in [0, 0.05) is 17.0 Å². The van der Waals surface area contributed by atoms with Crippen LogP contribution in [0.2, 0.25) is 0 Å². The second-order valence-corrected chi connectivity index (χ2v) is 8.25. The summed E-state index contributed by atoms with van der Waals surface area (Å²) in [5.74, 6) is 0. The normalized spacial score (nSPS) is 35.9. The number of rotatable bonds is 3. The average Bonchev–Trinajstić information content (AvgIpc) is 3.00. The third-order valence-electron chi connectivity index (χ3n) is 5.92. The first-order chi connectivity index (χ1) is 10.2. The minimum Gasteiger partial charge on any atom is -0.306 e. The Hall–Kier alpha value is -0.450. The highest BCUT2D eigenvalue weighted by Gasteiger charge is 2.49. The number of aryl methyl sites for hydroxylation is 2. The summed E-state index contributed by atoms with van der Waals surface area (Å²) >= 11 is 2.02. The van der Waals surface area contributed by atoms with Gasteiger partial charge in [0.1, 0.15) is 5.01 Å². The Morgan fingerprint density at radius 1 is 1.24 bits per heavy atom. The van der Waals surface area contributed by atoms with Crippen molar-refractivity contribution in [2.75, 3.05) is 13.6 Å². The Morgan fingerprint density at radius 3 is 2.62 bits per heavy atom. The summed E-state index contributed by atoms with van der Waals surface area (Å²) in [7, 11) is 2.32. The van der Waals surface area contributed by atoms with Crippen LogP contribution in [-0.4, -0.2) is 35.6 Å². The van der Waals surface area contributed by atoms with Gasteiger partial charge in [0.2, 0.25) is 0 Å². The maximum atomic E-state index is 5.12. The van der Waals surface area contributed by atoms with Crippen LogP contribution in [0.5, 0.6) is 0 Å². The summed E-state index contributed by atoms with van der Waals surface area (Å²) in [5, 5.41) is 5.27. The van der Waals surface area contributed by atoms with Crippen LogP contribution in [0.4, 0.5) is 0 Å². The van der Waals surface area contributed by atoms with Crippen molar-refractivity contribution in [3.8, 4) is 0 Å². The molecule has 1 aromatic rings. The summed E-state index contributed by atoms with van der Waals surface area (Å²) < 4.78 is 0. The predicted octanol–water partition coefficient (Wildman–Crippen LogP) is 3.08. The minimum atomic E-state index is 0.162. The Balaban J connectivity index is 1.69. The number of nitrogens with zero attached hydrogens (tertiary/aromatic N) is 2. The van der Waals surface area contributed by atoms with Gasteiger partial charge in [0.25, 0.3) is 0 Å². The number of fused-ring (bicyclic) bond motifs is 3. The predicted molar refractivity (Wildman–Crippen MR) is 87.9 cm³/mol. The summed E-state index contributed by atoms with van der Waals surface area (Å²) in [6.45, 7) is 3.29. The monoisotopic (exact) mass is 305 g/mol. The lowest BCUT2D eigenvalue weighted by atomic mass is 9.83. The molecule has 1 aromatic heterocycles. The number of hydrogen-bond donors (Lipinski definition) is 1. The first-order valence-corrected chi connectivity index (χ1v) is 9.49. The molecule has 4 heteroatoms. The van der Waals surface area contributed by atoms with Crippen molar-refractivity contribution in [3.63, 3.8) is 0 Å². The molecular weight excluding hydrogens is 278 g/mol.